The fraction of sp³-hybridized carbons (Fsp3) is 0.200. The van der Waals surface area contributed by atoms with E-state index in [1.54, 1.807) is 24.1 Å². The Morgan fingerprint density at radius 2 is 2.08 bits per heavy atom. The van der Waals surface area contributed by atoms with Gasteiger partial charge >= 0.3 is 0 Å². The molecule has 0 atom stereocenters. The number of carbonyl (C=O) groups excluding carboxylic acids is 1. The van der Waals surface area contributed by atoms with Gasteiger partial charge in [0.1, 0.15) is 11.4 Å². The van der Waals surface area contributed by atoms with E-state index in [4.69, 9.17) is 16.3 Å². The van der Waals surface area contributed by atoms with Gasteiger partial charge in [0.25, 0.3) is 5.91 Å². The first-order valence-corrected chi connectivity index (χ1v) is 9.57. The highest BCUT2D eigenvalue weighted by molar-refractivity contribution is 8.14. The van der Waals surface area contributed by atoms with Crippen LogP contribution in [0.2, 0.25) is 5.02 Å². The van der Waals surface area contributed by atoms with Crippen LogP contribution >= 0.6 is 23.4 Å². The molecule has 4 nitrogen and oxygen atoms in total. The number of aryl methyl sites for hydroxylation is 1. The number of aliphatic imine (C=N–C) groups is 1. The summed E-state index contributed by atoms with van der Waals surface area (Å²) in [5, 5.41) is 1.10. The Labute approximate surface area is 162 Å². The third kappa shape index (κ3) is 3.79. The van der Waals surface area contributed by atoms with Gasteiger partial charge in [-0.2, -0.15) is 0 Å². The SMILES string of the molecule is CCSC1=N/C(=C\c2cccc(C)c2)C(=O)N1c1ccc(OC)c(Cl)c1. The molecule has 0 aromatic heterocycles. The summed E-state index contributed by atoms with van der Waals surface area (Å²) in [7, 11) is 1.56. The molecular weight excluding hydrogens is 368 g/mol. The molecule has 2 aromatic rings. The van der Waals surface area contributed by atoms with E-state index in [9.17, 15) is 4.79 Å². The molecule has 0 bridgehead atoms. The first kappa shape index (κ1) is 18.5. The molecule has 0 saturated heterocycles. The van der Waals surface area contributed by atoms with Crippen LogP contribution in [0.3, 0.4) is 0 Å². The molecule has 0 unspecified atom stereocenters. The zero-order valence-corrected chi connectivity index (χ0v) is 16.4. The van der Waals surface area contributed by atoms with E-state index in [0.717, 1.165) is 16.9 Å². The number of amidine groups is 1. The number of hydrogen-bond acceptors (Lipinski definition) is 4. The lowest BCUT2D eigenvalue weighted by atomic mass is 10.1. The molecule has 1 amide bonds. The van der Waals surface area contributed by atoms with Crippen LogP contribution in [0.4, 0.5) is 5.69 Å². The highest BCUT2D eigenvalue weighted by atomic mass is 35.5. The number of nitrogens with zero attached hydrogens (tertiary/aromatic N) is 2. The van der Waals surface area contributed by atoms with Crippen LogP contribution in [0.25, 0.3) is 6.08 Å². The predicted octanol–water partition coefficient (Wildman–Crippen LogP) is 5.15. The van der Waals surface area contributed by atoms with Gasteiger partial charge in [0.05, 0.1) is 17.8 Å². The van der Waals surface area contributed by atoms with E-state index in [1.165, 1.54) is 11.8 Å². The quantitative estimate of drug-likeness (QED) is 0.682. The summed E-state index contributed by atoms with van der Waals surface area (Å²) >= 11 is 7.76. The highest BCUT2D eigenvalue weighted by Gasteiger charge is 2.32. The first-order chi connectivity index (χ1) is 12.5. The lowest BCUT2D eigenvalue weighted by Gasteiger charge is -2.18. The Morgan fingerprint density at radius 1 is 1.27 bits per heavy atom. The van der Waals surface area contributed by atoms with E-state index in [-0.39, 0.29) is 5.91 Å². The number of rotatable bonds is 4. The first-order valence-electron chi connectivity index (χ1n) is 8.21. The van der Waals surface area contributed by atoms with Gasteiger partial charge in [-0.15, -0.1) is 0 Å². The van der Waals surface area contributed by atoms with E-state index >= 15 is 0 Å². The van der Waals surface area contributed by atoms with Crippen molar-refractivity contribution in [3.05, 3.63) is 64.3 Å². The molecule has 3 rings (SSSR count). The van der Waals surface area contributed by atoms with E-state index in [1.807, 2.05) is 50.3 Å². The second-order valence-electron chi connectivity index (χ2n) is 5.73. The molecule has 1 heterocycles. The Morgan fingerprint density at radius 3 is 2.73 bits per heavy atom. The summed E-state index contributed by atoms with van der Waals surface area (Å²) in [6.07, 6.45) is 1.82. The molecule has 0 radical (unpaired) electrons. The molecule has 1 aliphatic rings. The summed E-state index contributed by atoms with van der Waals surface area (Å²) in [6.45, 7) is 4.05. The summed E-state index contributed by atoms with van der Waals surface area (Å²) in [5.41, 5.74) is 3.18. The number of ether oxygens (including phenoxy) is 1. The van der Waals surface area contributed by atoms with Crippen molar-refractivity contribution < 1.29 is 9.53 Å². The molecule has 0 saturated carbocycles. The largest absolute Gasteiger partial charge is 0.495 e. The fourth-order valence-electron chi connectivity index (χ4n) is 2.66. The Balaban J connectivity index is 2.00. The maximum absolute atomic E-state index is 13.0. The van der Waals surface area contributed by atoms with Gasteiger partial charge < -0.3 is 4.74 Å². The van der Waals surface area contributed by atoms with Crippen molar-refractivity contribution in [1.82, 2.24) is 0 Å². The normalized spacial score (nSPS) is 15.5. The molecule has 0 fully saturated rings. The number of amides is 1. The maximum atomic E-state index is 13.0. The van der Waals surface area contributed by atoms with Crippen LogP contribution in [-0.4, -0.2) is 23.9 Å². The van der Waals surface area contributed by atoms with Crippen LogP contribution in [0.5, 0.6) is 5.75 Å². The molecule has 0 N–H and O–H groups in total. The minimum atomic E-state index is -0.163. The summed E-state index contributed by atoms with van der Waals surface area (Å²) in [6, 6.07) is 13.3. The number of carbonyl (C=O) groups is 1. The van der Waals surface area contributed by atoms with Crippen molar-refractivity contribution in [3.63, 3.8) is 0 Å². The minimum Gasteiger partial charge on any atom is -0.495 e. The van der Waals surface area contributed by atoms with Gasteiger partial charge in [-0.05, 0) is 42.5 Å². The molecule has 1 aliphatic heterocycles. The number of methoxy groups -OCH3 is 1. The lowest BCUT2D eigenvalue weighted by molar-refractivity contribution is -0.113. The number of anilines is 1. The molecule has 134 valence electrons. The van der Waals surface area contributed by atoms with Crippen molar-refractivity contribution in [2.24, 2.45) is 4.99 Å². The third-order valence-electron chi connectivity index (χ3n) is 3.84. The second-order valence-corrected chi connectivity index (χ2v) is 7.37. The molecule has 2 aromatic carbocycles. The monoisotopic (exact) mass is 386 g/mol. The van der Waals surface area contributed by atoms with Gasteiger partial charge in [-0.25, -0.2) is 4.99 Å². The van der Waals surface area contributed by atoms with Crippen LogP contribution in [0.1, 0.15) is 18.1 Å². The van der Waals surface area contributed by atoms with Gasteiger partial charge in [-0.3, -0.25) is 9.69 Å². The van der Waals surface area contributed by atoms with E-state index in [0.29, 0.717) is 27.3 Å². The Bertz CT molecular complexity index is 908. The van der Waals surface area contributed by atoms with Crippen LogP contribution in [-0.2, 0) is 4.79 Å². The smallest absolute Gasteiger partial charge is 0.283 e. The fourth-order valence-corrected chi connectivity index (χ4v) is 3.65. The molecule has 0 spiro atoms. The van der Waals surface area contributed by atoms with Gasteiger partial charge in [0.15, 0.2) is 5.17 Å². The topological polar surface area (TPSA) is 41.9 Å². The Hall–Kier alpha value is -2.24. The Kier molecular flexibility index (Phi) is 5.69. The zero-order chi connectivity index (χ0) is 18.7. The van der Waals surface area contributed by atoms with Gasteiger partial charge in [0, 0.05) is 0 Å². The zero-order valence-electron chi connectivity index (χ0n) is 14.8. The van der Waals surface area contributed by atoms with Crippen LogP contribution in [0, 0.1) is 6.92 Å². The summed E-state index contributed by atoms with van der Waals surface area (Å²) in [5.74, 6) is 1.22. The lowest BCUT2D eigenvalue weighted by Crippen LogP contribution is -2.30. The second kappa shape index (κ2) is 7.98. The van der Waals surface area contributed by atoms with Crippen LogP contribution < -0.4 is 9.64 Å². The molecule has 0 aliphatic carbocycles. The van der Waals surface area contributed by atoms with Gasteiger partial charge in [0.2, 0.25) is 0 Å². The van der Waals surface area contributed by atoms with Crippen molar-refractivity contribution in [1.29, 1.82) is 0 Å². The molecular formula is C20H19ClN2O2S. The maximum Gasteiger partial charge on any atom is 0.283 e. The van der Waals surface area contributed by atoms with E-state index in [2.05, 4.69) is 4.99 Å². The van der Waals surface area contributed by atoms with Gasteiger partial charge in [-0.1, -0.05) is 60.1 Å². The van der Waals surface area contributed by atoms with Crippen molar-refractivity contribution in [2.45, 2.75) is 13.8 Å². The average Bonchev–Trinajstić information content (AvgIpc) is 2.90. The van der Waals surface area contributed by atoms with Crippen molar-refractivity contribution >= 4 is 46.2 Å². The summed E-state index contributed by atoms with van der Waals surface area (Å²) < 4.78 is 5.19. The standard InChI is InChI=1S/C20H19ClN2O2S/c1-4-26-20-22-17(11-14-7-5-6-13(2)10-14)19(24)23(20)15-8-9-18(25-3)16(21)12-15/h5-12H,4H2,1-3H3/b17-11-. The number of benzene rings is 2. The number of halogens is 1. The molecule has 26 heavy (non-hydrogen) atoms. The van der Waals surface area contributed by atoms with E-state index < -0.39 is 0 Å². The minimum absolute atomic E-state index is 0.163. The highest BCUT2D eigenvalue weighted by Crippen LogP contribution is 2.34. The van der Waals surface area contributed by atoms with Crippen molar-refractivity contribution in [2.75, 3.05) is 17.8 Å². The predicted molar refractivity (Wildman–Crippen MR) is 110 cm³/mol. The molecule has 6 heteroatoms. The van der Waals surface area contributed by atoms with Crippen molar-refractivity contribution in [3.8, 4) is 5.75 Å². The average molecular weight is 387 g/mol. The third-order valence-corrected chi connectivity index (χ3v) is 4.96. The number of thioether (sulfide) groups is 1. The summed E-state index contributed by atoms with van der Waals surface area (Å²) in [4.78, 5) is 19.2. The number of hydrogen-bond donors (Lipinski definition) is 0. The van der Waals surface area contributed by atoms with Crippen LogP contribution in [0.15, 0.2) is 53.2 Å².